The molecule has 0 spiro atoms. The van der Waals surface area contributed by atoms with Gasteiger partial charge in [-0.3, -0.25) is 6.29 Å². The number of phenolic OH excluding ortho intramolecular Hbond substituents is 1. The van der Waals surface area contributed by atoms with E-state index in [1.807, 2.05) is 26.2 Å². The van der Waals surface area contributed by atoms with Crippen LogP contribution in [0.2, 0.25) is 0 Å². The number of phenols is 1. The summed E-state index contributed by atoms with van der Waals surface area (Å²) in [5, 5.41) is 10.4. The second-order valence-electron chi connectivity index (χ2n) is 5.31. The fourth-order valence-corrected chi connectivity index (χ4v) is 2.65. The maximum absolute atomic E-state index is 11.8. The third-order valence-corrected chi connectivity index (χ3v) is 3.92. The molecule has 0 bridgehead atoms. The fraction of sp³-hybridized carbons (Fsp3) is 0.412. The van der Waals surface area contributed by atoms with E-state index in [4.69, 9.17) is 9.47 Å². The summed E-state index contributed by atoms with van der Waals surface area (Å²) in [6.45, 7) is 3.92. The van der Waals surface area contributed by atoms with Gasteiger partial charge in [0.25, 0.3) is 0 Å². The zero-order valence-corrected chi connectivity index (χ0v) is 16.4. The van der Waals surface area contributed by atoms with Crippen molar-refractivity contribution in [2.45, 2.75) is 39.7 Å². The third-order valence-electron chi connectivity index (χ3n) is 3.92. The number of cyclic esters (lactones) is 1. The van der Waals surface area contributed by atoms with E-state index in [1.54, 1.807) is 0 Å². The first-order valence-corrected chi connectivity index (χ1v) is 7.10. The van der Waals surface area contributed by atoms with Gasteiger partial charge in [0.1, 0.15) is 23.7 Å². The Morgan fingerprint density at radius 2 is 2.12 bits per heavy atom. The van der Waals surface area contributed by atoms with Crippen LogP contribution in [0, 0.1) is 6.92 Å². The molecule has 0 aromatic heterocycles. The summed E-state index contributed by atoms with van der Waals surface area (Å²) in [5.74, 6) is -0.0118. The number of hydrogen-bond acceptors (Lipinski definition) is 6. The quantitative estimate of drug-likeness (QED) is 0.326. The number of allylic oxidation sites excluding steroid dienone is 2. The van der Waals surface area contributed by atoms with Crippen molar-refractivity contribution < 1.29 is 59.2 Å². The predicted octanol–water partition coefficient (Wildman–Crippen LogP) is -0.414. The average molecular weight is 343 g/mol. The van der Waals surface area contributed by atoms with Gasteiger partial charge in [0, 0.05) is 11.1 Å². The van der Waals surface area contributed by atoms with Gasteiger partial charge < -0.3 is 24.9 Å². The maximum Gasteiger partial charge on any atom is 1.00 e. The number of carbonyl (C=O) groups excluding carboxylic acids is 2. The molecule has 2 N–H and O–H groups in total. The van der Waals surface area contributed by atoms with Crippen LogP contribution in [0.1, 0.15) is 46.8 Å². The Labute approximate surface area is 163 Å². The van der Waals surface area contributed by atoms with E-state index in [-0.39, 0.29) is 53.0 Å². The molecule has 1 heterocycles. The van der Waals surface area contributed by atoms with E-state index in [2.05, 4.69) is 0 Å². The van der Waals surface area contributed by atoms with Crippen molar-refractivity contribution in [3.8, 4) is 11.5 Å². The molecule has 6 nitrogen and oxygen atoms in total. The molecule has 1 aliphatic heterocycles. The standard InChI is InChI=1S/C17H19O5.Na.H2O/c1-10(5-4-8-18)6-7-12-15(19)14-13(9-22-17(14)20)11(2)16(12)21-3;;/h6,19H,4-5,7,9H2,1-3H3;;1H2/q-1;+1;/p-1/b10-6+;;. The maximum atomic E-state index is 11.8. The van der Waals surface area contributed by atoms with Gasteiger partial charge in [-0.05, 0) is 25.8 Å². The topological polar surface area (TPSA) is 103 Å². The van der Waals surface area contributed by atoms with Crippen molar-refractivity contribution in [1.29, 1.82) is 0 Å². The summed E-state index contributed by atoms with van der Waals surface area (Å²) in [5.41, 5.74) is 3.31. The Hall–Kier alpha value is -1.34. The average Bonchev–Trinajstić information content (AvgIpc) is 2.89. The summed E-state index contributed by atoms with van der Waals surface area (Å²) < 4.78 is 10.4. The molecular weight excluding hydrogens is 323 g/mol. The zero-order valence-electron chi connectivity index (χ0n) is 14.4. The molecule has 2 rings (SSSR count). The minimum absolute atomic E-state index is 0. The monoisotopic (exact) mass is 343 g/mol. The van der Waals surface area contributed by atoms with Gasteiger partial charge in [-0.2, -0.15) is 0 Å². The van der Waals surface area contributed by atoms with E-state index in [0.29, 0.717) is 36.1 Å². The first-order valence-electron chi connectivity index (χ1n) is 7.10. The Balaban J connectivity index is 0.00000264. The van der Waals surface area contributed by atoms with Crippen LogP contribution in [0.15, 0.2) is 11.6 Å². The number of aromatic hydroxyl groups is 1. The molecule has 0 fully saturated rings. The summed E-state index contributed by atoms with van der Waals surface area (Å²) in [6, 6.07) is 0. The van der Waals surface area contributed by atoms with Crippen LogP contribution >= 0.6 is 0 Å². The van der Waals surface area contributed by atoms with Gasteiger partial charge in [0.05, 0.1) is 7.11 Å². The van der Waals surface area contributed by atoms with E-state index in [1.165, 1.54) is 7.11 Å². The summed E-state index contributed by atoms with van der Waals surface area (Å²) in [6.07, 6.45) is 5.16. The normalized spacial score (nSPS) is 12.6. The van der Waals surface area contributed by atoms with Crippen LogP contribution in [0.3, 0.4) is 0 Å². The van der Waals surface area contributed by atoms with Crippen LogP contribution in [-0.2, 0) is 22.6 Å². The Bertz CT molecular complexity index is 651. The van der Waals surface area contributed by atoms with Crippen LogP contribution in [0.4, 0.5) is 0 Å². The van der Waals surface area contributed by atoms with Crippen molar-refractivity contribution in [1.82, 2.24) is 0 Å². The van der Waals surface area contributed by atoms with E-state index in [9.17, 15) is 14.7 Å². The Kier molecular flexibility index (Phi) is 9.29. The second kappa shape index (κ2) is 9.84. The number of benzene rings is 1. The van der Waals surface area contributed by atoms with Crippen molar-refractivity contribution in [3.05, 3.63) is 33.9 Å². The van der Waals surface area contributed by atoms with E-state index in [0.717, 1.165) is 11.1 Å². The molecule has 0 unspecified atom stereocenters. The van der Waals surface area contributed by atoms with Crippen molar-refractivity contribution in [2.75, 3.05) is 7.11 Å². The van der Waals surface area contributed by atoms with Crippen LogP contribution < -0.4 is 34.3 Å². The van der Waals surface area contributed by atoms with Gasteiger partial charge in [0.2, 0.25) is 0 Å². The minimum Gasteiger partial charge on any atom is -0.870 e. The number of hydrogen-bond donors (Lipinski definition) is 1. The van der Waals surface area contributed by atoms with Gasteiger partial charge >= 0.3 is 35.5 Å². The number of methoxy groups -OCH3 is 1. The molecule has 0 amide bonds. The predicted molar refractivity (Wildman–Crippen MR) is 82.8 cm³/mol. The van der Waals surface area contributed by atoms with Gasteiger partial charge in [-0.25, -0.2) is 4.79 Å². The molecule has 1 aromatic carbocycles. The van der Waals surface area contributed by atoms with Crippen molar-refractivity contribution in [3.63, 3.8) is 0 Å². The van der Waals surface area contributed by atoms with Crippen LogP contribution in [0.5, 0.6) is 11.5 Å². The van der Waals surface area contributed by atoms with E-state index >= 15 is 0 Å². The second-order valence-corrected chi connectivity index (χ2v) is 5.31. The SMILES string of the molecule is COc1c(C)c2c(c(O)c1C/C=C(\C)CC[C-]=O)C(=O)OC2.[Na+].[OH-]. The molecule has 0 saturated heterocycles. The van der Waals surface area contributed by atoms with Crippen LogP contribution in [0.25, 0.3) is 0 Å². The molecule has 0 aliphatic carbocycles. The Morgan fingerprint density at radius 1 is 1.46 bits per heavy atom. The Morgan fingerprint density at radius 3 is 2.71 bits per heavy atom. The van der Waals surface area contributed by atoms with Crippen molar-refractivity contribution in [2.24, 2.45) is 0 Å². The smallest absolute Gasteiger partial charge is 0.870 e. The first kappa shape index (κ1) is 22.7. The molecule has 1 aromatic rings. The van der Waals surface area contributed by atoms with Crippen molar-refractivity contribution >= 4 is 12.3 Å². The summed E-state index contributed by atoms with van der Waals surface area (Å²) in [7, 11) is 1.53. The van der Waals surface area contributed by atoms with Crippen LogP contribution in [-0.4, -0.2) is 29.9 Å². The fourth-order valence-electron chi connectivity index (χ4n) is 2.65. The molecule has 24 heavy (non-hydrogen) atoms. The number of rotatable bonds is 6. The van der Waals surface area contributed by atoms with Gasteiger partial charge in [-0.15, -0.1) is 6.42 Å². The van der Waals surface area contributed by atoms with Gasteiger partial charge in [0.15, 0.2) is 0 Å². The zero-order chi connectivity index (χ0) is 16.3. The molecule has 0 radical (unpaired) electrons. The summed E-state index contributed by atoms with van der Waals surface area (Å²) >= 11 is 0. The number of carbonyl (C=O) groups is 1. The minimum atomic E-state index is -0.504. The third kappa shape index (κ3) is 4.39. The molecular formula is C17H20NaO6-. The summed E-state index contributed by atoms with van der Waals surface area (Å²) in [4.78, 5) is 22.1. The molecule has 126 valence electrons. The molecule has 7 heteroatoms. The largest absolute Gasteiger partial charge is 1.00 e. The van der Waals surface area contributed by atoms with E-state index < -0.39 is 5.97 Å². The molecule has 1 aliphatic rings. The number of fused-ring (bicyclic) bond motifs is 1. The molecule has 0 atom stereocenters. The molecule has 0 saturated carbocycles. The van der Waals surface area contributed by atoms with Gasteiger partial charge in [-0.1, -0.05) is 18.1 Å². The number of esters is 1. The first-order chi connectivity index (χ1) is 10.5. The number of ether oxygens (including phenoxy) is 2.